The van der Waals surface area contributed by atoms with Crippen LogP contribution in [0.15, 0.2) is 66.7 Å². The van der Waals surface area contributed by atoms with Crippen molar-refractivity contribution in [2.45, 2.75) is 0 Å². The van der Waals surface area contributed by atoms with Crippen molar-refractivity contribution in [2.75, 3.05) is 0 Å². The maximum absolute atomic E-state index is 15.4. The lowest BCUT2D eigenvalue weighted by Crippen LogP contribution is -1.92. The molecular formula is C30H11F5. The molecule has 0 bridgehead atoms. The molecule has 7 aromatic carbocycles. The van der Waals surface area contributed by atoms with Gasteiger partial charge in [-0.3, -0.25) is 0 Å². The van der Waals surface area contributed by atoms with Gasteiger partial charge in [-0.2, -0.15) is 0 Å². The molecular weight excluding hydrogens is 455 g/mol. The Morgan fingerprint density at radius 3 is 1.49 bits per heavy atom. The molecule has 0 saturated carbocycles. The van der Waals surface area contributed by atoms with Gasteiger partial charge < -0.3 is 0 Å². The molecule has 1 aliphatic rings. The van der Waals surface area contributed by atoms with Crippen molar-refractivity contribution in [3.8, 4) is 11.1 Å². The Bertz CT molecular complexity index is 2160. The third kappa shape index (κ3) is 2.21. The Morgan fingerprint density at radius 2 is 0.829 bits per heavy atom. The van der Waals surface area contributed by atoms with E-state index in [0.29, 0.717) is 48.8 Å². The van der Waals surface area contributed by atoms with Crippen molar-refractivity contribution in [1.29, 1.82) is 0 Å². The van der Waals surface area contributed by atoms with Crippen molar-refractivity contribution in [1.82, 2.24) is 0 Å². The van der Waals surface area contributed by atoms with Crippen molar-refractivity contribution in [2.24, 2.45) is 0 Å². The Labute approximate surface area is 193 Å². The van der Waals surface area contributed by atoms with Gasteiger partial charge in [-0.05, 0) is 84.5 Å². The van der Waals surface area contributed by atoms with Gasteiger partial charge in [-0.1, -0.05) is 24.3 Å². The fraction of sp³-hybridized carbons (Fsp3) is 0. The summed E-state index contributed by atoms with van der Waals surface area (Å²) in [6.45, 7) is 0. The molecule has 0 amide bonds. The summed E-state index contributed by atoms with van der Waals surface area (Å²) in [6, 6.07) is 15.7. The summed E-state index contributed by atoms with van der Waals surface area (Å²) in [5.74, 6) is -3.30. The topological polar surface area (TPSA) is 0 Å². The molecule has 0 N–H and O–H groups in total. The first-order chi connectivity index (χ1) is 16.9. The molecule has 0 fully saturated rings. The molecule has 35 heavy (non-hydrogen) atoms. The second-order valence-corrected chi connectivity index (χ2v) is 9.17. The predicted molar refractivity (Wildman–Crippen MR) is 130 cm³/mol. The minimum absolute atomic E-state index is 0.212. The molecule has 0 saturated heterocycles. The van der Waals surface area contributed by atoms with Crippen LogP contribution in [0, 0.1) is 29.1 Å². The summed E-state index contributed by atoms with van der Waals surface area (Å²) >= 11 is 0. The second kappa shape index (κ2) is 6.05. The molecule has 0 spiro atoms. The molecule has 0 atom stereocenters. The van der Waals surface area contributed by atoms with Crippen LogP contribution in [-0.4, -0.2) is 0 Å². The SMILES string of the molecule is Fc1cc(F)c2c(ccc3c2c2ccc4cc(F)cc5c4c2c2c-5cc4cc(F)cc(F)c4c32)c1. The minimum atomic E-state index is -0.735. The van der Waals surface area contributed by atoms with Crippen LogP contribution in [0.25, 0.3) is 75.8 Å². The fourth-order valence-electron chi connectivity index (χ4n) is 6.18. The molecule has 0 radical (unpaired) electrons. The van der Waals surface area contributed by atoms with Gasteiger partial charge in [0.2, 0.25) is 0 Å². The Morgan fingerprint density at radius 1 is 0.343 bits per heavy atom. The third-order valence-corrected chi connectivity index (χ3v) is 7.35. The van der Waals surface area contributed by atoms with Crippen LogP contribution >= 0.6 is 0 Å². The van der Waals surface area contributed by atoms with Crippen LogP contribution in [0.4, 0.5) is 22.0 Å². The highest BCUT2D eigenvalue weighted by molar-refractivity contribution is 6.45. The fourth-order valence-corrected chi connectivity index (χ4v) is 6.18. The molecule has 7 aromatic rings. The van der Waals surface area contributed by atoms with E-state index >= 15 is 8.78 Å². The largest absolute Gasteiger partial charge is 0.207 e. The van der Waals surface area contributed by atoms with Crippen LogP contribution in [0.5, 0.6) is 0 Å². The molecule has 166 valence electrons. The van der Waals surface area contributed by atoms with Gasteiger partial charge in [0.25, 0.3) is 0 Å². The lowest BCUT2D eigenvalue weighted by atomic mass is 9.88. The van der Waals surface area contributed by atoms with E-state index in [-0.39, 0.29) is 10.8 Å². The number of fused-ring (bicyclic) bond motifs is 8. The van der Waals surface area contributed by atoms with E-state index in [1.165, 1.54) is 24.3 Å². The number of hydrogen-bond acceptors (Lipinski definition) is 0. The van der Waals surface area contributed by atoms with Crippen LogP contribution in [0.1, 0.15) is 0 Å². The summed E-state index contributed by atoms with van der Waals surface area (Å²) in [4.78, 5) is 0. The zero-order valence-electron chi connectivity index (χ0n) is 17.7. The Balaban J connectivity index is 1.82. The van der Waals surface area contributed by atoms with Gasteiger partial charge in [-0.15, -0.1) is 0 Å². The Kier molecular flexibility index (Phi) is 3.30. The van der Waals surface area contributed by atoms with Crippen LogP contribution in [-0.2, 0) is 0 Å². The molecule has 0 aromatic heterocycles. The van der Waals surface area contributed by atoms with Gasteiger partial charge in [0.15, 0.2) is 0 Å². The number of halogens is 5. The average Bonchev–Trinajstić information content (AvgIpc) is 3.12. The van der Waals surface area contributed by atoms with Gasteiger partial charge >= 0.3 is 0 Å². The average molecular weight is 466 g/mol. The summed E-state index contributed by atoms with van der Waals surface area (Å²) in [5.41, 5.74) is 1.30. The number of hydrogen-bond donors (Lipinski definition) is 0. The lowest BCUT2D eigenvalue weighted by Gasteiger charge is -2.15. The smallest absolute Gasteiger partial charge is 0.134 e. The highest BCUT2D eigenvalue weighted by Crippen LogP contribution is 2.54. The second-order valence-electron chi connectivity index (χ2n) is 9.17. The van der Waals surface area contributed by atoms with Crippen LogP contribution < -0.4 is 0 Å². The maximum Gasteiger partial charge on any atom is 0.134 e. The monoisotopic (exact) mass is 466 g/mol. The number of rotatable bonds is 0. The van der Waals surface area contributed by atoms with Crippen molar-refractivity contribution in [3.63, 3.8) is 0 Å². The first-order valence-corrected chi connectivity index (χ1v) is 11.1. The summed E-state index contributed by atoms with van der Waals surface area (Å²) in [5, 5.41) is 6.36. The molecule has 0 unspecified atom stereocenters. The standard InChI is InChI=1S/C30H11F5/c31-15-5-12-1-3-18-27-19(4-2-13-6-16(32)10-22(34)25(13)27)29-26-14(7-17(33)11-23(26)35)8-20-21(9-15)24(12)28(18)30(20)29/h1-11H. The summed E-state index contributed by atoms with van der Waals surface area (Å²) < 4.78 is 73.6. The van der Waals surface area contributed by atoms with Crippen molar-refractivity contribution in [3.05, 3.63) is 95.8 Å². The zero-order chi connectivity index (χ0) is 23.7. The van der Waals surface area contributed by atoms with E-state index < -0.39 is 29.1 Å². The highest BCUT2D eigenvalue weighted by Gasteiger charge is 2.27. The van der Waals surface area contributed by atoms with E-state index in [0.717, 1.165) is 28.3 Å². The molecule has 1 aliphatic carbocycles. The zero-order valence-corrected chi connectivity index (χ0v) is 17.7. The molecule has 0 nitrogen and oxygen atoms in total. The molecule has 5 heteroatoms. The van der Waals surface area contributed by atoms with Crippen molar-refractivity contribution < 1.29 is 22.0 Å². The van der Waals surface area contributed by atoms with E-state index in [9.17, 15) is 13.2 Å². The predicted octanol–water partition coefficient (Wildman–Crippen LogP) is 9.28. The van der Waals surface area contributed by atoms with Crippen molar-refractivity contribution >= 4 is 64.6 Å². The quantitative estimate of drug-likeness (QED) is 0.154. The first kappa shape index (κ1) is 19.1. The molecule has 0 heterocycles. The summed E-state index contributed by atoms with van der Waals surface area (Å²) in [7, 11) is 0. The third-order valence-electron chi connectivity index (χ3n) is 7.35. The maximum atomic E-state index is 15.4. The minimum Gasteiger partial charge on any atom is -0.207 e. The van der Waals surface area contributed by atoms with Crippen LogP contribution in [0.2, 0.25) is 0 Å². The summed E-state index contributed by atoms with van der Waals surface area (Å²) in [6.07, 6.45) is 0. The number of benzene rings is 7. The van der Waals surface area contributed by atoms with E-state index in [1.807, 2.05) is 6.07 Å². The van der Waals surface area contributed by atoms with Gasteiger partial charge in [-0.25, -0.2) is 22.0 Å². The van der Waals surface area contributed by atoms with Crippen LogP contribution in [0.3, 0.4) is 0 Å². The van der Waals surface area contributed by atoms with E-state index in [4.69, 9.17) is 0 Å². The highest BCUT2D eigenvalue weighted by atomic mass is 19.1. The van der Waals surface area contributed by atoms with Gasteiger partial charge in [0.1, 0.15) is 29.1 Å². The molecule has 8 rings (SSSR count). The van der Waals surface area contributed by atoms with Gasteiger partial charge in [0.05, 0.1) is 0 Å². The normalized spacial score (nSPS) is 12.7. The van der Waals surface area contributed by atoms with Gasteiger partial charge in [0, 0.05) is 33.7 Å². The Hall–Kier alpha value is -4.25. The lowest BCUT2D eigenvalue weighted by molar-refractivity contribution is 0.592. The van der Waals surface area contributed by atoms with E-state index in [2.05, 4.69) is 0 Å². The molecule has 0 aliphatic heterocycles. The van der Waals surface area contributed by atoms with E-state index in [1.54, 1.807) is 24.3 Å². The first-order valence-electron chi connectivity index (χ1n) is 11.1.